The van der Waals surface area contributed by atoms with E-state index in [0.29, 0.717) is 6.04 Å². The molecule has 0 aliphatic heterocycles. The minimum Gasteiger partial charge on any atom is -0.497 e. The lowest BCUT2D eigenvalue weighted by molar-refractivity contribution is 0.413. The molecule has 4 heteroatoms. The van der Waals surface area contributed by atoms with Crippen molar-refractivity contribution in [1.82, 2.24) is 14.9 Å². The van der Waals surface area contributed by atoms with Gasteiger partial charge in [0.05, 0.1) is 7.11 Å². The SMILES string of the molecule is COc1cccc(C(C)NCCc2nccn2C)c1. The summed E-state index contributed by atoms with van der Waals surface area (Å²) in [5.41, 5.74) is 1.24. The third-order valence-corrected chi connectivity index (χ3v) is 3.31. The van der Waals surface area contributed by atoms with Crippen LogP contribution >= 0.6 is 0 Å². The molecule has 1 heterocycles. The molecule has 1 unspecified atom stereocenters. The summed E-state index contributed by atoms with van der Waals surface area (Å²) in [6, 6.07) is 8.46. The number of benzene rings is 1. The van der Waals surface area contributed by atoms with E-state index in [-0.39, 0.29) is 0 Å². The Bertz CT molecular complexity index is 522. The van der Waals surface area contributed by atoms with Gasteiger partial charge in [-0.1, -0.05) is 12.1 Å². The molecule has 0 aliphatic carbocycles. The second-order valence-corrected chi connectivity index (χ2v) is 4.66. The van der Waals surface area contributed by atoms with Crippen LogP contribution in [0, 0.1) is 0 Å². The van der Waals surface area contributed by atoms with E-state index in [1.807, 2.05) is 31.6 Å². The Morgan fingerprint density at radius 2 is 2.26 bits per heavy atom. The fourth-order valence-corrected chi connectivity index (χ4v) is 2.07. The molecule has 4 nitrogen and oxygen atoms in total. The van der Waals surface area contributed by atoms with Crippen molar-refractivity contribution in [2.45, 2.75) is 19.4 Å². The van der Waals surface area contributed by atoms with Crippen molar-refractivity contribution in [3.63, 3.8) is 0 Å². The molecule has 0 spiro atoms. The van der Waals surface area contributed by atoms with Crippen molar-refractivity contribution in [3.8, 4) is 5.75 Å². The van der Waals surface area contributed by atoms with Gasteiger partial charge in [0.2, 0.25) is 0 Å². The number of aromatic nitrogens is 2. The molecule has 102 valence electrons. The molecule has 1 aromatic heterocycles. The first-order valence-corrected chi connectivity index (χ1v) is 6.54. The van der Waals surface area contributed by atoms with Crippen LogP contribution in [0.25, 0.3) is 0 Å². The van der Waals surface area contributed by atoms with Crippen molar-refractivity contribution < 1.29 is 4.74 Å². The van der Waals surface area contributed by atoms with E-state index in [9.17, 15) is 0 Å². The van der Waals surface area contributed by atoms with Crippen LogP contribution in [0.2, 0.25) is 0 Å². The van der Waals surface area contributed by atoms with E-state index in [2.05, 4.69) is 33.9 Å². The third kappa shape index (κ3) is 3.58. The molecule has 1 aromatic carbocycles. The first-order chi connectivity index (χ1) is 9.20. The molecule has 2 rings (SSSR count). The minimum absolute atomic E-state index is 0.301. The van der Waals surface area contributed by atoms with E-state index in [4.69, 9.17) is 4.74 Å². The molecule has 2 aromatic rings. The Morgan fingerprint density at radius 1 is 1.42 bits per heavy atom. The maximum absolute atomic E-state index is 5.24. The highest BCUT2D eigenvalue weighted by atomic mass is 16.5. The highest BCUT2D eigenvalue weighted by Gasteiger charge is 2.06. The fraction of sp³-hybridized carbons (Fsp3) is 0.400. The minimum atomic E-state index is 0.301. The van der Waals surface area contributed by atoms with Crippen molar-refractivity contribution >= 4 is 0 Å². The average molecular weight is 259 g/mol. The van der Waals surface area contributed by atoms with Gasteiger partial charge >= 0.3 is 0 Å². The molecular weight excluding hydrogens is 238 g/mol. The summed E-state index contributed by atoms with van der Waals surface area (Å²) < 4.78 is 7.30. The van der Waals surface area contributed by atoms with Crippen LogP contribution in [-0.2, 0) is 13.5 Å². The Morgan fingerprint density at radius 3 is 2.95 bits per heavy atom. The zero-order valence-corrected chi connectivity index (χ0v) is 11.8. The number of rotatable bonds is 6. The lowest BCUT2D eigenvalue weighted by atomic mass is 10.1. The molecule has 0 radical (unpaired) electrons. The fourth-order valence-electron chi connectivity index (χ4n) is 2.07. The first-order valence-electron chi connectivity index (χ1n) is 6.54. The van der Waals surface area contributed by atoms with Crippen LogP contribution < -0.4 is 10.1 Å². The summed E-state index contributed by atoms with van der Waals surface area (Å²) in [5.74, 6) is 2.00. The largest absolute Gasteiger partial charge is 0.497 e. The molecular formula is C15H21N3O. The van der Waals surface area contributed by atoms with Crippen molar-refractivity contribution in [2.24, 2.45) is 7.05 Å². The molecule has 0 aliphatic rings. The molecule has 0 fully saturated rings. The van der Waals surface area contributed by atoms with E-state index < -0.39 is 0 Å². The Balaban J connectivity index is 1.87. The molecule has 1 atom stereocenters. The summed E-state index contributed by atoms with van der Waals surface area (Å²) in [6.07, 6.45) is 4.74. The Kier molecular flexibility index (Phi) is 4.58. The zero-order chi connectivity index (χ0) is 13.7. The smallest absolute Gasteiger partial charge is 0.119 e. The maximum Gasteiger partial charge on any atom is 0.119 e. The van der Waals surface area contributed by atoms with E-state index in [0.717, 1.165) is 24.5 Å². The topological polar surface area (TPSA) is 39.1 Å². The average Bonchev–Trinajstić information content (AvgIpc) is 2.84. The first kappa shape index (κ1) is 13.6. The van der Waals surface area contributed by atoms with E-state index >= 15 is 0 Å². The Hall–Kier alpha value is -1.81. The number of imidazole rings is 1. The summed E-state index contributed by atoms with van der Waals surface area (Å²) >= 11 is 0. The molecule has 19 heavy (non-hydrogen) atoms. The number of ether oxygens (including phenoxy) is 1. The summed E-state index contributed by atoms with van der Waals surface area (Å²) in [5, 5.41) is 3.51. The zero-order valence-electron chi connectivity index (χ0n) is 11.8. The maximum atomic E-state index is 5.24. The van der Waals surface area contributed by atoms with Gasteiger partial charge in [-0.2, -0.15) is 0 Å². The molecule has 1 N–H and O–H groups in total. The highest BCUT2D eigenvalue weighted by Crippen LogP contribution is 2.18. The van der Waals surface area contributed by atoms with Crippen molar-refractivity contribution in [1.29, 1.82) is 0 Å². The molecule has 0 bridgehead atoms. The van der Waals surface area contributed by atoms with Gasteiger partial charge < -0.3 is 14.6 Å². The summed E-state index contributed by atoms with van der Waals surface area (Å²) in [4.78, 5) is 4.32. The quantitative estimate of drug-likeness (QED) is 0.865. The van der Waals surface area contributed by atoms with Crippen LogP contribution in [0.1, 0.15) is 24.4 Å². The number of hydrogen-bond acceptors (Lipinski definition) is 3. The van der Waals surface area contributed by atoms with Gasteiger partial charge in [0.1, 0.15) is 11.6 Å². The van der Waals surface area contributed by atoms with Crippen molar-refractivity contribution in [3.05, 3.63) is 48.0 Å². The van der Waals surface area contributed by atoms with Gasteiger partial charge in [0.15, 0.2) is 0 Å². The second-order valence-electron chi connectivity index (χ2n) is 4.66. The van der Waals surface area contributed by atoms with Crippen LogP contribution in [0.3, 0.4) is 0 Å². The highest BCUT2D eigenvalue weighted by molar-refractivity contribution is 5.30. The van der Waals surface area contributed by atoms with Crippen LogP contribution in [-0.4, -0.2) is 23.2 Å². The molecule has 0 saturated carbocycles. The van der Waals surface area contributed by atoms with Crippen LogP contribution in [0.15, 0.2) is 36.7 Å². The van der Waals surface area contributed by atoms with Gasteiger partial charge in [-0.3, -0.25) is 0 Å². The Labute approximate surface area is 114 Å². The van der Waals surface area contributed by atoms with Gasteiger partial charge in [-0.15, -0.1) is 0 Å². The lowest BCUT2D eigenvalue weighted by Crippen LogP contribution is -2.22. The van der Waals surface area contributed by atoms with Crippen LogP contribution in [0.5, 0.6) is 5.75 Å². The standard InChI is InChI=1S/C15H21N3O/c1-12(13-5-4-6-14(11-13)19-3)16-8-7-15-17-9-10-18(15)2/h4-6,9-12,16H,7-8H2,1-3H3. The van der Waals surface area contributed by atoms with Crippen LogP contribution in [0.4, 0.5) is 0 Å². The predicted octanol–water partition coefficient (Wildman–Crippen LogP) is 2.32. The number of nitrogens with zero attached hydrogens (tertiary/aromatic N) is 2. The molecule has 0 amide bonds. The monoisotopic (exact) mass is 259 g/mol. The summed E-state index contributed by atoms with van der Waals surface area (Å²) in [6.45, 7) is 3.07. The van der Waals surface area contributed by atoms with Gasteiger partial charge in [-0.25, -0.2) is 4.98 Å². The number of methoxy groups -OCH3 is 1. The second kappa shape index (κ2) is 6.38. The normalized spacial score (nSPS) is 12.4. The number of hydrogen-bond donors (Lipinski definition) is 1. The van der Waals surface area contributed by atoms with E-state index in [1.165, 1.54) is 5.56 Å². The third-order valence-electron chi connectivity index (χ3n) is 3.31. The predicted molar refractivity (Wildman–Crippen MR) is 76.3 cm³/mol. The van der Waals surface area contributed by atoms with Gasteiger partial charge in [-0.05, 0) is 24.6 Å². The van der Waals surface area contributed by atoms with E-state index in [1.54, 1.807) is 7.11 Å². The molecule has 0 saturated heterocycles. The number of aryl methyl sites for hydroxylation is 1. The van der Waals surface area contributed by atoms with Gasteiger partial charge in [0, 0.05) is 38.4 Å². The number of nitrogens with one attached hydrogen (secondary N) is 1. The lowest BCUT2D eigenvalue weighted by Gasteiger charge is -2.15. The van der Waals surface area contributed by atoms with Gasteiger partial charge in [0.25, 0.3) is 0 Å². The summed E-state index contributed by atoms with van der Waals surface area (Å²) in [7, 11) is 3.71. The van der Waals surface area contributed by atoms with Crippen molar-refractivity contribution in [2.75, 3.05) is 13.7 Å².